The van der Waals surface area contributed by atoms with Crippen LogP contribution in [0.5, 0.6) is 0 Å². The molecule has 0 aliphatic carbocycles. The van der Waals surface area contributed by atoms with Gasteiger partial charge in [0.25, 0.3) is 0 Å². The molecule has 6 nitrogen and oxygen atoms in total. The van der Waals surface area contributed by atoms with E-state index in [4.69, 9.17) is 5.11 Å². The molecule has 2 rings (SSSR count). The summed E-state index contributed by atoms with van der Waals surface area (Å²) in [6, 6.07) is 1.94. The van der Waals surface area contributed by atoms with E-state index in [1.165, 1.54) is 0 Å². The van der Waals surface area contributed by atoms with E-state index in [0.29, 0.717) is 12.1 Å². The van der Waals surface area contributed by atoms with Crippen LogP contribution in [0.3, 0.4) is 0 Å². The van der Waals surface area contributed by atoms with Crippen LogP contribution in [0.4, 0.5) is 18.9 Å². The number of carbonyl (C=O) groups is 1. The van der Waals surface area contributed by atoms with Crippen molar-refractivity contribution < 1.29 is 31.5 Å². The molecule has 0 aromatic heterocycles. The van der Waals surface area contributed by atoms with Gasteiger partial charge in [0, 0.05) is 0 Å². The highest BCUT2D eigenvalue weighted by Gasteiger charge is 2.36. The molecule has 19 heavy (non-hydrogen) atoms. The fourth-order valence-corrected chi connectivity index (χ4v) is 2.82. The Bertz CT molecular complexity index is 641. The number of halogens is 3. The fraction of sp³-hybridized carbons (Fsp3) is 0.222. The van der Waals surface area contributed by atoms with Gasteiger partial charge in [-0.25, -0.2) is 13.2 Å². The second kappa shape index (κ2) is 4.10. The average molecular weight is 296 g/mol. The number of alkyl halides is 3. The molecule has 10 heteroatoms. The number of aliphatic carboxylic acids is 1. The van der Waals surface area contributed by atoms with Gasteiger partial charge in [0.1, 0.15) is 4.90 Å². The van der Waals surface area contributed by atoms with Gasteiger partial charge >= 0.3 is 12.1 Å². The topological polar surface area (TPSA) is 95.5 Å². The van der Waals surface area contributed by atoms with Crippen LogP contribution in [0, 0.1) is 0 Å². The maximum atomic E-state index is 12.5. The number of carboxylic acids is 1. The van der Waals surface area contributed by atoms with Gasteiger partial charge < -0.3 is 10.4 Å². The van der Waals surface area contributed by atoms with Crippen molar-refractivity contribution in [3.8, 4) is 0 Å². The number of benzene rings is 1. The first-order chi connectivity index (χ1) is 8.61. The van der Waals surface area contributed by atoms with Crippen molar-refractivity contribution in [3.63, 3.8) is 0 Å². The number of nitrogens with one attached hydrogen (secondary N) is 2. The summed E-state index contributed by atoms with van der Waals surface area (Å²) in [6.07, 6.45) is -6.36. The lowest BCUT2D eigenvalue weighted by atomic mass is 10.2. The van der Waals surface area contributed by atoms with Crippen LogP contribution in [0.1, 0.15) is 5.56 Å². The lowest BCUT2D eigenvalue weighted by Gasteiger charge is -2.25. The number of anilines is 1. The molecule has 1 heterocycles. The molecule has 0 radical (unpaired) electrons. The van der Waals surface area contributed by atoms with Crippen LogP contribution in [-0.2, 0) is 21.0 Å². The molecule has 0 saturated carbocycles. The molecule has 0 bridgehead atoms. The summed E-state index contributed by atoms with van der Waals surface area (Å²) in [5.41, 5.74) is -1.47. The maximum Gasteiger partial charge on any atom is 0.416 e. The summed E-state index contributed by atoms with van der Waals surface area (Å²) in [6.45, 7) is 0. The van der Waals surface area contributed by atoms with Gasteiger partial charge in [-0.3, -0.25) is 0 Å². The number of carboxylic acid groups (broad SMARTS) is 1. The van der Waals surface area contributed by atoms with Crippen molar-refractivity contribution in [3.05, 3.63) is 23.8 Å². The van der Waals surface area contributed by atoms with Crippen LogP contribution in [-0.4, -0.2) is 25.7 Å². The Morgan fingerprint density at radius 1 is 1.32 bits per heavy atom. The third kappa shape index (κ3) is 2.49. The van der Waals surface area contributed by atoms with Crippen LogP contribution in [0.2, 0.25) is 0 Å². The van der Waals surface area contributed by atoms with Crippen LogP contribution < -0.4 is 10.0 Å². The molecule has 1 aliphatic rings. The van der Waals surface area contributed by atoms with Gasteiger partial charge in [-0.05, 0) is 18.2 Å². The first kappa shape index (κ1) is 13.6. The second-order valence-corrected chi connectivity index (χ2v) is 5.43. The third-order valence-corrected chi connectivity index (χ3v) is 3.90. The fourth-order valence-electron chi connectivity index (χ4n) is 1.57. The highest BCUT2D eigenvalue weighted by atomic mass is 32.2. The van der Waals surface area contributed by atoms with Crippen LogP contribution in [0.15, 0.2) is 23.1 Å². The first-order valence-electron chi connectivity index (χ1n) is 4.84. The lowest BCUT2D eigenvalue weighted by molar-refractivity contribution is -0.138. The Morgan fingerprint density at radius 3 is 2.47 bits per heavy atom. The standard InChI is InChI=1S/C9H7F3N2O4S/c10-9(11,12)4-1-2-6-5(3-4)13-7(8(15)16)14-19(6,17)18/h1-3,7,13-14H,(H,15,16). The summed E-state index contributed by atoms with van der Waals surface area (Å²) in [7, 11) is -4.16. The largest absolute Gasteiger partial charge is 0.479 e. The molecular formula is C9H7F3N2O4S. The molecular weight excluding hydrogens is 289 g/mol. The first-order valence-corrected chi connectivity index (χ1v) is 6.32. The monoisotopic (exact) mass is 296 g/mol. The highest BCUT2D eigenvalue weighted by Crippen LogP contribution is 2.34. The molecule has 1 unspecified atom stereocenters. The molecule has 0 spiro atoms. The number of hydrogen-bond acceptors (Lipinski definition) is 4. The molecule has 0 amide bonds. The van der Waals surface area contributed by atoms with E-state index in [0.717, 1.165) is 6.07 Å². The predicted octanol–water partition coefficient (Wildman–Crippen LogP) is 0.820. The van der Waals surface area contributed by atoms with Gasteiger partial charge in [-0.1, -0.05) is 0 Å². The minimum Gasteiger partial charge on any atom is -0.479 e. The minimum atomic E-state index is -4.65. The van der Waals surface area contributed by atoms with E-state index in [-0.39, 0.29) is 0 Å². The van der Waals surface area contributed by atoms with Crippen molar-refractivity contribution in [1.82, 2.24) is 4.72 Å². The van der Waals surface area contributed by atoms with Crippen molar-refractivity contribution in [2.24, 2.45) is 0 Å². The van der Waals surface area contributed by atoms with E-state index < -0.39 is 44.5 Å². The number of sulfonamides is 1. The summed E-state index contributed by atoms with van der Waals surface area (Å²) in [5, 5.41) is 10.9. The molecule has 1 aliphatic heterocycles. The predicted molar refractivity (Wildman–Crippen MR) is 56.8 cm³/mol. The van der Waals surface area contributed by atoms with Gasteiger partial charge in [0.2, 0.25) is 10.0 Å². The van der Waals surface area contributed by atoms with E-state index in [1.54, 1.807) is 4.72 Å². The zero-order chi connectivity index (χ0) is 14.4. The normalized spacial score (nSPS) is 21.3. The molecule has 1 aromatic carbocycles. The SMILES string of the molecule is O=C(O)C1Nc2cc(C(F)(F)F)ccc2S(=O)(=O)N1. The molecule has 3 N–H and O–H groups in total. The van der Waals surface area contributed by atoms with Gasteiger partial charge in [0.05, 0.1) is 11.3 Å². The Balaban J connectivity index is 2.55. The second-order valence-electron chi connectivity index (χ2n) is 3.75. The smallest absolute Gasteiger partial charge is 0.416 e. The van der Waals surface area contributed by atoms with E-state index in [9.17, 15) is 26.4 Å². The maximum absolute atomic E-state index is 12.5. The Kier molecular flexibility index (Phi) is 2.94. The van der Waals surface area contributed by atoms with Crippen LogP contribution >= 0.6 is 0 Å². The molecule has 0 fully saturated rings. The Hall–Kier alpha value is -1.81. The Morgan fingerprint density at radius 2 is 1.95 bits per heavy atom. The minimum absolute atomic E-state index is 0.402. The van der Waals surface area contributed by atoms with E-state index in [1.807, 2.05) is 0 Å². The van der Waals surface area contributed by atoms with Crippen molar-refractivity contribution in [1.29, 1.82) is 0 Å². The lowest BCUT2D eigenvalue weighted by Crippen LogP contribution is -2.49. The molecule has 1 atom stereocenters. The number of fused-ring (bicyclic) bond motifs is 1. The van der Waals surface area contributed by atoms with Gasteiger partial charge in [-0.2, -0.15) is 17.9 Å². The van der Waals surface area contributed by atoms with Crippen molar-refractivity contribution in [2.75, 3.05) is 5.32 Å². The van der Waals surface area contributed by atoms with E-state index >= 15 is 0 Å². The van der Waals surface area contributed by atoms with Crippen LogP contribution in [0.25, 0.3) is 0 Å². The number of hydrogen-bond donors (Lipinski definition) is 3. The van der Waals surface area contributed by atoms with E-state index in [2.05, 4.69) is 5.32 Å². The summed E-state index contributed by atoms with van der Waals surface area (Å²) in [4.78, 5) is 10.3. The summed E-state index contributed by atoms with van der Waals surface area (Å²) >= 11 is 0. The number of rotatable bonds is 1. The summed E-state index contributed by atoms with van der Waals surface area (Å²) < 4.78 is 62.6. The molecule has 1 aromatic rings. The highest BCUT2D eigenvalue weighted by molar-refractivity contribution is 7.89. The molecule has 0 saturated heterocycles. The van der Waals surface area contributed by atoms with Gasteiger partial charge in [0.15, 0.2) is 6.17 Å². The molecule has 104 valence electrons. The summed E-state index contributed by atoms with van der Waals surface area (Å²) in [5.74, 6) is -1.55. The van der Waals surface area contributed by atoms with Gasteiger partial charge in [-0.15, -0.1) is 0 Å². The van der Waals surface area contributed by atoms with Crippen molar-refractivity contribution >= 4 is 21.7 Å². The quantitative estimate of drug-likeness (QED) is 0.713. The third-order valence-electron chi connectivity index (χ3n) is 2.42. The Labute approximate surface area is 105 Å². The average Bonchev–Trinajstić information content (AvgIpc) is 2.25. The van der Waals surface area contributed by atoms with Crippen molar-refractivity contribution in [2.45, 2.75) is 17.2 Å². The zero-order valence-corrected chi connectivity index (χ0v) is 9.84. The zero-order valence-electron chi connectivity index (χ0n) is 9.02.